The number of ether oxygens (including phenoxy) is 1. The molecular formula is C11H11ClFN3O. The van der Waals surface area contributed by atoms with Gasteiger partial charge in [-0.1, -0.05) is 12.1 Å². The molecule has 0 N–H and O–H groups in total. The molecule has 0 bridgehead atoms. The maximum Gasteiger partial charge on any atom is 0.165 e. The normalized spacial score (nSPS) is 10.5. The third-order valence-corrected chi connectivity index (χ3v) is 2.63. The first-order valence-electron chi connectivity index (χ1n) is 5.01. The van der Waals surface area contributed by atoms with E-state index in [2.05, 4.69) is 10.1 Å². The molecule has 90 valence electrons. The number of hydrogen-bond acceptors (Lipinski definition) is 3. The van der Waals surface area contributed by atoms with Gasteiger partial charge in [0, 0.05) is 12.6 Å². The largest absolute Gasteiger partial charge is 0.482 e. The van der Waals surface area contributed by atoms with Crippen molar-refractivity contribution in [3.63, 3.8) is 0 Å². The number of rotatable bonds is 4. The van der Waals surface area contributed by atoms with Gasteiger partial charge in [0.25, 0.3) is 0 Å². The molecule has 1 aromatic carbocycles. The molecule has 0 spiro atoms. The predicted molar refractivity (Wildman–Crippen MR) is 61.3 cm³/mol. The van der Waals surface area contributed by atoms with Crippen molar-refractivity contribution in [3.8, 4) is 5.75 Å². The van der Waals surface area contributed by atoms with E-state index < -0.39 is 5.82 Å². The summed E-state index contributed by atoms with van der Waals surface area (Å²) >= 11 is 5.72. The Bertz CT molecular complexity index is 515. The summed E-state index contributed by atoms with van der Waals surface area (Å²) in [5.74, 6) is 0.566. The summed E-state index contributed by atoms with van der Waals surface area (Å²) < 4.78 is 20.5. The van der Waals surface area contributed by atoms with Crippen molar-refractivity contribution in [2.24, 2.45) is 7.05 Å². The van der Waals surface area contributed by atoms with Crippen LogP contribution in [0.4, 0.5) is 4.39 Å². The highest BCUT2D eigenvalue weighted by Crippen LogP contribution is 2.24. The second-order valence-electron chi connectivity index (χ2n) is 3.45. The molecule has 2 aromatic rings. The Labute approximate surface area is 103 Å². The monoisotopic (exact) mass is 255 g/mol. The van der Waals surface area contributed by atoms with Crippen molar-refractivity contribution in [1.82, 2.24) is 14.8 Å². The SMILES string of the molecule is Cn1ncnc1COc1c(F)cccc1CCl. The van der Waals surface area contributed by atoms with Gasteiger partial charge in [0.1, 0.15) is 12.9 Å². The van der Waals surface area contributed by atoms with Crippen LogP contribution in [0.3, 0.4) is 0 Å². The molecule has 0 saturated carbocycles. The number of halogens is 2. The summed E-state index contributed by atoms with van der Waals surface area (Å²) in [5, 5.41) is 3.90. The number of aromatic nitrogens is 3. The van der Waals surface area contributed by atoms with Gasteiger partial charge in [-0.2, -0.15) is 5.10 Å². The summed E-state index contributed by atoms with van der Waals surface area (Å²) in [6.07, 6.45) is 1.42. The van der Waals surface area contributed by atoms with E-state index in [-0.39, 0.29) is 18.2 Å². The quantitative estimate of drug-likeness (QED) is 0.787. The molecular weight excluding hydrogens is 245 g/mol. The molecule has 17 heavy (non-hydrogen) atoms. The average molecular weight is 256 g/mol. The van der Waals surface area contributed by atoms with Crippen LogP contribution >= 0.6 is 11.6 Å². The topological polar surface area (TPSA) is 39.9 Å². The van der Waals surface area contributed by atoms with E-state index in [1.807, 2.05) is 0 Å². The van der Waals surface area contributed by atoms with Crippen molar-refractivity contribution >= 4 is 11.6 Å². The smallest absolute Gasteiger partial charge is 0.165 e. The van der Waals surface area contributed by atoms with Crippen LogP contribution in [0, 0.1) is 5.82 Å². The third-order valence-electron chi connectivity index (χ3n) is 2.34. The van der Waals surface area contributed by atoms with Crippen LogP contribution in [-0.4, -0.2) is 14.8 Å². The second kappa shape index (κ2) is 5.14. The number of benzene rings is 1. The van der Waals surface area contributed by atoms with Crippen molar-refractivity contribution < 1.29 is 9.13 Å². The van der Waals surface area contributed by atoms with Gasteiger partial charge in [-0.05, 0) is 6.07 Å². The van der Waals surface area contributed by atoms with Gasteiger partial charge in [0.05, 0.1) is 5.88 Å². The number of nitrogens with zero attached hydrogens (tertiary/aromatic N) is 3. The molecule has 1 aromatic heterocycles. The molecule has 0 aliphatic carbocycles. The Hall–Kier alpha value is -1.62. The molecule has 6 heteroatoms. The third kappa shape index (κ3) is 2.55. The lowest BCUT2D eigenvalue weighted by Gasteiger charge is -2.10. The van der Waals surface area contributed by atoms with E-state index in [9.17, 15) is 4.39 Å². The van der Waals surface area contributed by atoms with Gasteiger partial charge in [-0.25, -0.2) is 9.37 Å². The predicted octanol–water partition coefficient (Wildman–Crippen LogP) is 2.27. The first-order valence-corrected chi connectivity index (χ1v) is 5.55. The first-order chi connectivity index (χ1) is 8.22. The van der Waals surface area contributed by atoms with Crippen LogP contribution in [0.5, 0.6) is 5.75 Å². The summed E-state index contributed by atoms with van der Waals surface area (Å²) in [7, 11) is 1.75. The molecule has 1 heterocycles. The molecule has 0 aliphatic heterocycles. The molecule has 2 rings (SSSR count). The Kier molecular flexibility index (Phi) is 3.58. The highest BCUT2D eigenvalue weighted by molar-refractivity contribution is 6.17. The second-order valence-corrected chi connectivity index (χ2v) is 3.72. The fraction of sp³-hybridized carbons (Fsp3) is 0.273. The van der Waals surface area contributed by atoms with Gasteiger partial charge in [0.15, 0.2) is 17.4 Å². The zero-order chi connectivity index (χ0) is 12.3. The fourth-order valence-corrected chi connectivity index (χ4v) is 1.62. The Balaban J connectivity index is 2.16. The number of alkyl halides is 1. The Morgan fingerprint density at radius 2 is 2.29 bits per heavy atom. The molecule has 0 atom stereocenters. The minimum absolute atomic E-state index is 0.154. The Morgan fingerprint density at radius 1 is 1.47 bits per heavy atom. The number of hydrogen-bond donors (Lipinski definition) is 0. The molecule has 0 unspecified atom stereocenters. The first kappa shape index (κ1) is 11.9. The van der Waals surface area contributed by atoms with Crippen LogP contribution in [0.1, 0.15) is 11.4 Å². The highest BCUT2D eigenvalue weighted by Gasteiger charge is 2.10. The lowest BCUT2D eigenvalue weighted by Crippen LogP contribution is -2.06. The van der Waals surface area contributed by atoms with Crippen LogP contribution in [0.2, 0.25) is 0 Å². The van der Waals surface area contributed by atoms with Gasteiger partial charge < -0.3 is 4.74 Å². The van der Waals surface area contributed by atoms with E-state index in [1.165, 1.54) is 12.4 Å². The van der Waals surface area contributed by atoms with Crippen LogP contribution in [0.15, 0.2) is 24.5 Å². The van der Waals surface area contributed by atoms with Gasteiger partial charge >= 0.3 is 0 Å². The standard InChI is InChI=1S/C11H11ClFN3O/c1-16-10(14-7-15-16)6-17-11-8(5-12)3-2-4-9(11)13/h2-4,7H,5-6H2,1H3. The van der Waals surface area contributed by atoms with Crippen molar-refractivity contribution in [3.05, 3.63) is 41.7 Å². The van der Waals surface area contributed by atoms with E-state index in [4.69, 9.17) is 16.3 Å². The van der Waals surface area contributed by atoms with Crippen molar-refractivity contribution in [2.75, 3.05) is 0 Å². The summed E-state index contributed by atoms with van der Waals surface area (Å²) in [6, 6.07) is 4.66. The fourth-order valence-electron chi connectivity index (χ4n) is 1.41. The van der Waals surface area contributed by atoms with E-state index in [1.54, 1.807) is 23.9 Å². The summed E-state index contributed by atoms with van der Waals surface area (Å²) in [5.41, 5.74) is 0.619. The average Bonchev–Trinajstić information content (AvgIpc) is 2.73. The summed E-state index contributed by atoms with van der Waals surface area (Å²) in [4.78, 5) is 3.99. The lowest BCUT2D eigenvalue weighted by atomic mass is 10.2. The maximum atomic E-state index is 13.5. The van der Waals surface area contributed by atoms with Crippen molar-refractivity contribution in [2.45, 2.75) is 12.5 Å². The number of aryl methyl sites for hydroxylation is 1. The van der Waals surface area contributed by atoms with E-state index in [0.29, 0.717) is 11.4 Å². The lowest BCUT2D eigenvalue weighted by molar-refractivity contribution is 0.273. The minimum atomic E-state index is -0.426. The molecule has 0 radical (unpaired) electrons. The zero-order valence-corrected chi connectivity index (χ0v) is 9.99. The molecule has 0 amide bonds. The molecule has 0 saturated heterocycles. The van der Waals surface area contributed by atoms with Gasteiger partial charge in [-0.15, -0.1) is 11.6 Å². The zero-order valence-electron chi connectivity index (χ0n) is 9.23. The van der Waals surface area contributed by atoms with Crippen molar-refractivity contribution in [1.29, 1.82) is 0 Å². The Morgan fingerprint density at radius 3 is 2.94 bits per heavy atom. The number of para-hydroxylation sites is 1. The molecule has 4 nitrogen and oxygen atoms in total. The van der Waals surface area contributed by atoms with Crippen LogP contribution in [-0.2, 0) is 19.5 Å². The van der Waals surface area contributed by atoms with Gasteiger partial charge in [-0.3, -0.25) is 4.68 Å². The van der Waals surface area contributed by atoms with E-state index in [0.717, 1.165) is 0 Å². The van der Waals surface area contributed by atoms with Crippen LogP contribution < -0.4 is 4.74 Å². The van der Waals surface area contributed by atoms with Crippen LogP contribution in [0.25, 0.3) is 0 Å². The summed E-state index contributed by atoms with van der Waals surface area (Å²) in [6.45, 7) is 0.154. The van der Waals surface area contributed by atoms with E-state index >= 15 is 0 Å². The molecule has 0 aliphatic rings. The highest BCUT2D eigenvalue weighted by atomic mass is 35.5. The maximum absolute atomic E-state index is 13.5. The van der Waals surface area contributed by atoms with Gasteiger partial charge in [0.2, 0.25) is 0 Å². The minimum Gasteiger partial charge on any atom is -0.482 e. The molecule has 0 fully saturated rings.